The molecule has 0 amide bonds. The Balaban J connectivity index is 1.93. The van der Waals surface area contributed by atoms with E-state index in [2.05, 4.69) is 59.4 Å². The van der Waals surface area contributed by atoms with Gasteiger partial charge in [0.2, 0.25) is 0 Å². The molecule has 1 fully saturated rings. The van der Waals surface area contributed by atoms with Gasteiger partial charge in [0.1, 0.15) is 0 Å². The van der Waals surface area contributed by atoms with Gasteiger partial charge in [0.25, 0.3) is 0 Å². The minimum atomic E-state index is 0.326. The van der Waals surface area contributed by atoms with Gasteiger partial charge in [-0.05, 0) is 36.3 Å². The first-order valence-electron chi connectivity index (χ1n) is 6.04. The van der Waals surface area contributed by atoms with Crippen molar-refractivity contribution in [1.82, 2.24) is 5.32 Å². The standard InChI is InChI=1S/C14H20BrN/c1-14(2,10-16-12-7-8-12)9-11-5-3-4-6-13(11)15/h3-6,12,16H,7-10H2,1-2H3. The lowest BCUT2D eigenvalue weighted by Gasteiger charge is -2.25. The zero-order valence-corrected chi connectivity index (χ0v) is 11.7. The Hall–Kier alpha value is -0.340. The zero-order chi connectivity index (χ0) is 11.6. The van der Waals surface area contributed by atoms with E-state index in [9.17, 15) is 0 Å². The van der Waals surface area contributed by atoms with Crippen molar-refractivity contribution < 1.29 is 0 Å². The largest absolute Gasteiger partial charge is 0.313 e. The molecule has 1 nitrogen and oxygen atoms in total. The van der Waals surface area contributed by atoms with E-state index >= 15 is 0 Å². The van der Waals surface area contributed by atoms with Crippen molar-refractivity contribution in [3.05, 3.63) is 34.3 Å². The molecule has 0 atom stereocenters. The molecule has 0 aliphatic heterocycles. The monoisotopic (exact) mass is 281 g/mol. The van der Waals surface area contributed by atoms with Gasteiger partial charge in [-0.15, -0.1) is 0 Å². The van der Waals surface area contributed by atoms with Crippen molar-refractivity contribution in [3.8, 4) is 0 Å². The van der Waals surface area contributed by atoms with E-state index in [-0.39, 0.29) is 0 Å². The quantitative estimate of drug-likeness (QED) is 0.867. The fourth-order valence-electron chi connectivity index (χ4n) is 1.93. The van der Waals surface area contributed by atoms with Crippen molar-refractivity contribution in [2.24, 2.45) is 5.41 Å². The molecule has 0 bridgehead atoms. The van der Waals surface area contributed by atoms with E-state index < -0.39 is 0 Å². The maximum Gasteiger partial charge on any atom is 0.0207 e. The summed E-state index contributed by atoms with van der Waals surface area (Å²) in [5.74, 6) is 0. The lowest BCUT2D eigenvalue weighted by molar-refractivity contribution is 0.336. The van der Waals surface area contributed by atoms with Crippen molar-refractivity contribution >= 4 is 15.9 Å². The number of rotatable bonds is 5. The fraction of sp³-hybridized carbons (Fsp3) is 0.571. The molecule has 0 spiro atoms. The summed E-state index contributed by atoms with van der Waals surface area (Å²) in [6.45, 7) is 5.78. The number of nitrogens with one attached hydrogen (secondary N) is 1. The molecule has 1 aliphatic carbocycles. The normalized spacial score (nSPS) is 16.4. The Morgan fingerprint density at radius 3 is 2.62 bits per heavy atom. The van der Waals surface area contributed by atoms with Gasteiger partial charge in [-0.2, -0.15) is 0 Å². The zero-order valence-electron chi connectivity index (χ0n) is 10.1. The smallest absolute Gasteiger partial charge is 0.0207 e. The maximum atomic E-state index is 3.62. The number of hydrogen-bond donors (Lipinski definition) is 1. The number of halogens is 1. The minimum Gasteiger partial charge on any atom is -0.313 e. The van der Waals surface area contributed by atoms with E-state index in [1.165, 1.54) is 22.9 Å². The van der Waals surface area contributed by atoms with Crippen LogP contribution in [0.15, 0.2) is 28.7 Å². The van der Waals surface area contributed by atoms with Crippen LogP contribution in [0.4, 0.5) is 0 Å². The number of hydrogen-bond acceptors (Lipinski definition) is 1. The number of benzene rings is 1. The van der Waals surface area contributed by atoms with Crippen LogP contribution in [-0.4, -0.2) is 12.6 Å². The minimum absolute atomic E-state index is 0.326. The molecule has 2 rings (SSSR count). The molecular weight excluding hydrogens is 262 g/mol. The third kappa shape index (κ3) is 3.60. The molecule has 0 radical (unpaired) electrons. The molecule has 1 aromatic rings. The van der Waals surface area contributed by atoms with Gasteiger partial charge in [0.05, 0.1) is 0 Å². The van der Waals surface area contributed by atoms with Crippen LogP contribution in [0.2, 0.25) is 0 Å². The summed E-state index contributed by atoms with van der Waals surface area (Å²) in [5.41, 5.74) is 1.73. The molecule has 2 heteroatoms. The van der Waals surface area contributed by atoms with E-state index in [1.807, 2.05) is 0 Å². The van der Waals surface area contributed by atoms with E-state index in [0.717, 1.165) is 19.0 Å². The predicted octanol–water partition coefficient (Wildman–Crippen LogP) is 3.77. The van der Waals surface area contributed by atoms with Crippen molar-refractivity contribution in [1.29, 1.82) is 0 Å². The van der Waals surface area contributed by atoms with Crippen LogP contribution < -0.4 is 5.32 Å². The third-order valence-corrected chi connectivity index (χ3v) is 3.85. The van der Waals surface area contributed by atoms with Crippen LogP contribution in [0.25, 0.3) is 0 Å². The average molecular weight is 282 g/mol. The Kier molecular flexibility index (Phi) is 3.70. The van der Waals surface area contributed by atoms with Gasteiger partial charge in [0, 0.05) is 17.1 Å². The first-order valence-corrected chi connectivity index (χ1v) is 6.83. The van der Waals surface area contributed by atoms with Crippen LogP contribution in [0.3, 0.4) is 0 Å². The SMILES string of the molecule is CC(C)(CNC1CC1)Cc1ccccc1Br. The third-order valence-electron chi connectivity index (χ3n) is 3.07. The molecule has 0 aromatic heterocycles. The summed E-state index contributed by atoms with van der Waals surface area (Å²) in [4.78, 5) is 0. The summed E-state index contributed by atoms with van der Waals surface area (Å²) >= 11 is 3.62. The molecule has 1 saturated carbocycles. The predicted molar refractivity (Wildman–Crippen MR) is 72.7 cm³/mol. The Morgan fingerprint density at radius 2 is 2.00 bits per heavy atom. The van der Waals surface area contributed by atoms with Crippen LogP contribution in [-0.2, 0) is 6.42 Å². The van der Waals surface area contributed by atoms with Crippen molar-refractivity contribution in [2.75, 3.05) is 6.54 Å². The van der Waals surface area contributed by atoms with Gasteiger partial charge in [-0.1, -0.05) is 48.0 Å². The molecule has 0 unspecified atom stereocenters. The second-order valence-corrected chi connectivity index (χ2v) is 6.44. The second-order valence-electron chi connectivity index (χ2n) is 5.59. The van der Waals surface area contributed by atoms with E-state index in [4.69, 9.17) is 0 Å². The molecule has 1 aliphatic rings. The molecule has 0 heterocycles. The van der Waals surface area contributed by atoms with Gasteiger partial charge < -0.3 is 5.32 Å². The van der Waals surface area contributed by atoms with E-state index in [0.29, 0.717) is 5.41 Å². The van der Waals surface area contributed by atoms with Crippen LogP contribution in [0.5, 0.6) is 0 Å². The van der Waals surface area contributed by atoms with Crippen LogP contribution in [0, 0.1) is 5.41 Å². The Bertz CT molecular complexity index is 356. The summed E-state index contributed by atoms with van der Waals surface area (Å²) in [7, 11) is 0. The van der Waals surface area contributed by atoms with Crippen LogP contribution >= 0.6 is 15.9 Å². The lowest BCUT2D eigenvalue weighted by atomic mass is 9.85. The van der Waals surface area contributed by atoms with Crippen molar-refractivity contribution in [2.45, 2.75) is 39.2 Å². The van der Waals surface area contributed by atoms with Gasteiger partial charge in [-0.3, -0.25) is 0 Å². The van der Waals surface area contributed by atoms with E-state index in [1.54, 1.807) is 0 Å². The molecular formula is C14H20BrN. The topological polar surface area (TPSA) is 12.0 Å². The second kappa shape index (κ2) is 4.89. The molecule has 0 saturated heterocycles. The van der Waals surface area contributed by atoms with Gasteiger partial charge in [-0.25, -0.2) is 0 Å². The van der Waals surface area contributed by atoms with Crippen LogP contribution in [0.1, 0.15) is 32.3 Å². The summed E-state index contributed by atoms with van der Waals surface area (Å²) in [5, 5.41) is 3.62. The molecule has 88 valence electrons. The maximum absolute atomic E-state index is 3.62. The highest BCUT2D eigenvalue weighted by atomic mass is 79.9. The molecule has 16 heavy (non-hydrogen) atoms. The highest BCUT2D eigenvalue weighted by molar-refractivity contribution is 9.10. The first kappa shape index (κ1) is 12.1. The van der Waals surface area contributed by atoms with Gasteiger partial charge in [0.15, 0.2) is 0 Å². The summed E-state index contributed by atoms with van der Waals surface area (Å²) < 4.78 is 1.23. The van der Waals surface area contributed by atoms with Crippen molar-refractivity contribution in [3.63, 3.8) is 0 Å². The summed E-state index contributed by atoms with van der Waals surface area (Å²) in [6.07, 6.45) is 3.85. The van der Waals surface area contributed by atoms with Gasteiger partial charge >= 0.3 is 0 Å². The average Bonchev–Trinajstić information content (AvgIpc) is 3.02. The Labute approximate surface area is 107 Å². The highest BCUT2D eigenvalue weighted by Gasteiger charge is 2.25. The summed E-state index contributed by atoms with van der Waals surface area (Å²) in [6, 6.07) is 9.33. The molecule has 1 aromatic carbocycles. The highest BCUT2D eigenvalue weighted by Crippen LogP contribution is 2.27. The fourth-order valence-corrected chi connectivity index (χ4v) is 2.35. The first-order chi connectivity index (χ1) is 7.57. The molecule has 1 N–H and O–H groups in total. The lowest BCUT2D eigenvalue weighted by Crippen LogP contribution is -2.32. The Morgan fingerprint density at radius 1 is 1.31 bits per heavy atom.